The second-order valence-electron chi connectivity index (χ2n) is 8.26. The van der Waals surface area contributed by atoms with Crippen LogP contribution in [0.1, 0.15) is 36.7 Å². The number of rotatable bonds is 6. The van der Waals surface area contributed by atoms with Gasteiger partial charge in [-0.2, -0.15) is 0 Å². The van der Waals surface area contributed by atoms with Gasteiger partial charge in [0, 0.05) is 16.3 Å². The van der Waals surface area contributed by atoms with E-state index < -0.39 is 10.0 Å². The smallest absolute Gasteiger partial charge is 0.265 e. The molecule has 1 amide bonds. The van der Waals surface area contributed by atoms with Crippen molar-refractivity contribution in [2.24, 2.45) is 0 Å². The third-order valence-electron chi connectivity index (χ3n) is 4.80. The predicted molar refractivity (Wildman–Crippen MR) is 128 cm³/mol. The lowest BCUT2D eigenvalue weighted by Gasteiger charge is -2.19. The van der Waals surface area contributed by atoms with Crippen molar-refractivity contribution in [3.8, 4) is 5.75 Å². The van der Waals surface area contributed by atoms with Gasteiger partial charge in [-0.25, -0.2) is 8.42 Å². The first kappa shape index (κ1) is 23.6. The quantitative estimate of drug-likeness (QED) is 0.482. The summed E-state index contributed by atoms with van der Waals surface area (Å²) in [7, 11) is -2.59. The second-order valence-corrected chi connectivity index (χ2v) is 10.4. The molecule has 0 saturated heterocycles. The number of amides is 1. The molecule has 0 aliphatic carbocycles. The molecule has 0 heterocycles. The standard InChI is InChI=1S/C24H25ClN2O4S/c1-24(2,3)17-10-8-16(9-11-17)23(28)26-19-6-5-7-20(15-19)27-32(29,30)22-14-18(25)12-13-21(22)31-4/h5-15,27H,1-4H3,(H,26,28). The Morgan fingerprint density at radius 1 is 0.938 bits per heavy atom. The average Bonchev–Trinajstić information content (AvgIpc) is 2.73. The van der Waals surface area contributed by atoms with Crippen LogP contribution < -0.4 is 14.8 Å². The van der Waals surface area contributed by atoms with Crippen molar-refractivity contribution >= 4 is 38.9 Å². The number of benzene rings is 3. The van der Waals surface area contributed by atoms with Gasteiger partial charge < -0.3 is 10.1 Å². The highest BCUT2D eigenvalue weighted by molar-refractivity contribution is 7.92. The van der Waals surface area contributed by atoms with E-state index in [4.69, 9.17) is 16.3 Å². The highest BCUT2D eigenvalue weighted by Crippen LogP contribution is 2.29. The molecule has 2 N–H and O–H groups in total. The molecule has 0 aliphatic heterocycles. The summed E-state index contributed by atoms with van der Waals surface area (Å²) in [6.07, 6.45) is 0. The van der Waals surface area contributed by atoms with Crippen molar-refractivity contribution in [1.82, 2.24) is 0 Å². The minimum Gasteiger partial charge on any atom is -0.495 e. The van der Waals surface area contributed by atoms with Crippen LogP contribution in [-0.4, -0.2) is 21.4 Å². The Kier molecular flexibility index (Phi) is 6.81. The first-order valence-corrected chi connectivity index (χ1v) is 11.7. The average molecular weight is 473 g/mol. The summed E-state index contributed by atoms with van der Waals surface area (Å²) in [5, 5.41) is 3.06. The summed E-state index contributed by atoms with van der Waals surface area (Å²) in [6.45, 7) is 6.31. The molecule has 0 bridgehead atoms. The maximum Gasteiger partial charge on any atom is 0.265 e. The molecule has 0 aromatic heterocycles. The van der Waals surface area contributed by atoms with Gasteiger partial charge in [0.05, 0.1) is 12.8 Å². The molecule has 32 heavy (non-hydrogen) atoms. The number of sulfonamides is 1. The van der Waals surface area contributed by atoms with Gasteiger partial charge in [0.15, 0.2) is 0 Å². The Labute approximate surface area is 193 Å². The molecule has 0 unspecified atom stereocenters. The highest BCUT2D eigenvalue weighted by Gasteiger charge is 2.20. The SMILES string of the molecule is COc1ccc(Cl)cc1S(=O)(=O)Nc1cccc(NC(=O)c2ccc(C(C)(C)C)cc2)c1. The topological polar surface area (TPSA) is 84.5 Å². The predicted octanol–water partition coefficient (Wildman–Crippen LogP) is 5.70. The zero-order chi connectivity index (χ0) is 23.5. The van der Waals surface area contributed by atoms with Gasteiger partial charge in [0.25, 0.3) is 15.9 Å². The number of nitrogens with one attached hydrogen (secondary N) is 2. The van der Waals surface area contributed by atoms with Crippen molar-refractivity contribution in [1.29, 1.82) is 0 Å². The van der Waals surface area contributed by atoms with Crippen LogP contribution in [0.2, 0.25) is 5.02 Å². The first-order valence-electron chi connectivity index (χ1n) is 9.88. The molecule has 3 aromatic carbocycles. The van der Waals surface area contributed by atoms with E-state index in [2.05, 4.69) is 30.8 Å². The van der Waals surface area contributed by atoms with E-state index in [0.717, 1.165) is 5.56 Å². The Hall–Kier alpha value is -3.03. The number of halogens is 1. The molecule has 0 spiro atoms. The van der Waals surface area contributed by atoms with Crippen molar-refractivity contribution in [2.45, 2.75) is 31.1 Å². The summed E-state index contributed by atoms with van der Waals surface area (Å²) in [5.41, 5.74) is 2.36. The summed E-state index contributed by atoms with van der Waals surface area (Å²) in [6, 6.07) is 18.2. The minimum absolute atomic E-state index is 0.00778. The number of carbonyl (C=O) groups excluding carboxylic acids is 1. The summed E-state index contributed by atoms with van der Waals surface area (Å²) in [5.74, 6) is -0.118. The molecule has 3 rings (SSSR count). The molecule has 0 radical (unpaired) electrons. The summed E-state index contributed by atoms with van der Waals surface area (Å²) >= 11 is 5.96. The molecular weight excluding hydrogens is 448 g/mol. The van der Waals surface area contributed by atoms with Crippen molar-refractivity contribution in [3.05, 3.63) is 82.9 Å². The minimum atomic E-state index is -3.97. The Morgan fingerprint density at radius 2 is 1.59 bits per heavy atom. The number of methoxy groups -OCH3 is 1. The Bertz CT molecular complexity index is 1230. The van der Waals surface area contributed by atoms with Crippen LogP contribution in [0.4, 0.5) is 11.4 Å². The summed E-state index contributed by atoms with van der Waals surface area (Å²) in [4.78, 5) is 12.6. The molecule has 6 nitrogen and oxygen atoms in total. The molecule has 3 aromatic rings. The monoisotopic (exact) mass is 472 g/mol. The van der Waals surface area contributed by atoms with Gasteiger partial charge >= 0.3 is 0 Å². The lowest BCUT2D eigenvalue weighted by molar-refractivity contribution is 0.102. The van der Waals surface area contributed by atoms with Gasteiger partial charge in [-0.15, -0.1) is 0 Å². The summed E-state index contributed by atoms with van der Waals surface area (Å²) < 4.78 is 33.4. The van der Waals surface area contributed by atoms with E-state index in [9.17, 15) is 13.2 Å². The zero-order valence-electron chi connectivity index (χ0n) is 18.3. The fourth-order valence-corrected chi connectivity index (χ4v) is 4.54. The van der Waals surface area contributed by atoms with Gasteiger partial charge in [0.2, 0.25) is 0 Å². The van der Waals surface area contributed by atoms with E-state index in [1.165, 1.54) is 25.3 Å². The first-order chi connectivity index (χ1) is 15.0. The molecular formula is C24H25ClN2O4S. The number of ether oxygens (including phenoxy) is 1. The number of hydrogen-bond donors (Lipinski definition) is 2. The van der Waals surface area contributed by atoms with Crippen LogP contribution in [0, 0.1) is 0 Å². The van der Waals surface area contributed by atoms with Gasteiger partial charge in [-0.3, -0.25) is 9.52 Å². The van der Waals surface area contributed by atoms with Crippen LogP contribution in [0.3, 0.4) is 0 Å². The van der Waals surface area contributed by atoms with Crippen LogP contribution in [0.15, 0.2) is 71.6 Å². The van der Waals surface area contributed by atoms with E-state index in [1.54, 1.807) is 36.4 Å². The van der Waals surface area contributed by atoms with Gasteiger partial charge in [0.1, 0.15) is 10.6 Å². The normalized spacial score (nSPS) is 11.7. The fourth-order valence-electron chi connectivity index (χ4n) is 3.06. The molecule has 0 aliphatic rings. The maximum absolute atomic E-state index is 12.9. The third-order valence-corrected chi connectivity index (χ3v) is 6.44. The van der Waals surface area contributed by atoms with Gasteiger partial charge in [-0.05, 0) is 59.5 Å². The van der Waals surface area contributed by atoms with E-state index in [-0.39, 0.29) is 32.7 Å². The van der Waals surface area contributed by atoms with Crippen molar-refractivity contribution in [2.75, 3.05) is 17.1 Å². The Morgan fingerprint density at radius 3 is 2.22 bits per heavy atom. The zero-order valence-corrected chi connectivity index (χ0v) is 19.8. The van der Waals surface area contributed by atoms with Crippen LogP contribution in [0.25, 0.3) is 0 Å². The highest BCUT2D eigenvalue weighted by atomic mass is 35.5. The van der Waals surface area contributed by atoms with E-state index in [0.29, 0.717) is 11.3 Å². The van der Waals surface area contributed by atoms with Crippen LogP contribution in [-0.2, 0) is 15.4 Å². The van der Waals surface area contributed by atoms with E-state index >= 15 is 0 Å². The van der Waals surface area contributed by atoms with Crippen LogP contribution in [0.5, 0.6) is 5.75 Å². The lowest BCUT2D eigenvalue weighted by atomic mass is 9.87. The largest absolute Gasteiger partial charge is 0.495 e. The molecule has 0 saturated carbocycles. The maximum atomic E-state index is 12.9. The lowest BCUT2D eigenvalue weighted by Crippen LogP contribution is -2.16. The third kappa shape index (κ3) is 5.60. The fraction of sp³-hybridized carbons (Fsp3) is 0.208. The second kappa shape index (κ2) is 9.22. The Balaban J connectivity index is 1.78. The number of anilines is 2. The van der Waals surface area contributed by atoms with E-state index in [1.807, 2.05) is 12.1 Å². The van der Waals surface area contributed by atoms with Gasteiger partial charge in [-0.1, -0.05) is 50.6 Å². The molecule has 168 valence electrons. The number of hydrogen-bond acceptors (Lipinski definition) is 4. The molecule has 0 atom stereocenters. The molecule has 8 heteroatoms. The van der Waals surface area contributed by atoms with Crippen molar-refractivity contribution < 1.29 is 17.9 Å². The number of carbonyl (C=O) groups is 1. The van der Waals surface area contributed by atoms with Crippen molar-refractivity contribution in [3.63, 3.8) is 0 Å². The molecule has 0 fully saturated rings. The van der Waals surface area contributed by atoms with Crippen LogP contribution >= 0.6 is 11.6 Å².